The summed E-state index contributed by atoms with van der Waals surface area (Å²) in [5.74, 6) is 0. The van der Waals surface area contributed by atoms with Gasteiger partial charge in [-0.2, -0.15) is 5.10 Å². The number of hydrogen-bond acceptors (Lipinski definition) is 3. The second-order valence-corrected chi connectivity index (χ2v) is 6.42. The number of rotatable bonds is 2. The van der Waals surface area contributed by atoms with E-state index in [1.165, 1.54) is 5.56 Å². The number of fused-ring (bicyclic) bond motifs is 3. The lowest BCUT2D eigenvalue weighted by Gasteiger charge is -2.04. The fourth-order valence-corrected chi connectivity index (χ4v) is 3.44. The third-order valence-corrected chi connectivity index (χ3v) is 4.73. The van der Waals surface area contributed by atoms with Crippen molar-refractivity contribution in [3.05, 3.63) is 89.4 Å². The van der Waals surface area contributed by atoms with Crippen LogP contribution in [0.25, 0.3) is 34.3 Å². The molecule has 26 heavy (non-hydrogen) atoms. The summed E-state index contributed by atoms with van der Waals surface area (Å²) in [7, 11) is 0. The van der Waals surface area contributed by atoms with Crippen LogP contribution in [-0.2, 0) is 0 Å². The zero-order chi connectivity index (χ0) is 17.5. The van der Waals surface area contributed by atoms with E-state index in [1.54, 1.807) is 0 Å². The minimum absolute atomic E-state index is 0.940. The van der Waals surface area contributed by atoms with Gasteiger partial charge in [-0.15, -0.1) is 0 Å². The average molecular weight is 336 g/mol. The van der Waals surface area contributed by atoms with Crippen LogP contribution in [0.3, 0.4) is 0 Å². The first-order chi connectivity index (χ1) is 12.8. The van der Waals surface area contributed by atoms with Crippen molar-refractivity contribution in [1.82, 2.24) is 20.2 Å². The molecule has 4 aromatic rings. The summed E-state index contributed by atoms with van der Waals surface area (Å²) >= 11 is 0. The molecule has 1 aromatic carbocycles. The van der Waals surface area contributed by atoms with Crippen molar-refractivity contribution in [2.24, 2.45) is 0 Å². The third kappa shape index (κ3) is 2.27. The zero-order valence-corrected chi connectivity index (χ0v) is 14.3. The summed E-state index contributed by atoms with van der Waals surface area (Å²) < 4.78 is 0. The molecule has 0 aliphatic heterocycles. The van der Waals surface area contributed by atoms with E-state index in [0.29, 0.717) is 0 Å². The number of pyridine rings is 2. The Hall–Kier alpha value is -3.53. The van der Waals surface area contributed by atoms with Crippen LogP contribution in [0, 0.1) is 6.92 Å². The average Bonchev–Trinajstić information content (AvgIpc) is 3.27. The van der Waals surface area contributed by atoms with Gasteiger partial charge in [-0.3, -0.25) is 15.1 Å². The molecule has 4 nitrogen and oxygen atoms in total. The SMILES string of the molecule is Cc1ccc(-c2[nH]ncc2C=C2c3cccnc3-c3ncccc32)cc1. The van der Waals surface area contributed by atoms with E-state index in [4.69, 9.17) is 0 Å². The van der Waals surface area contributed by atoms with Crippen molar-refractivity contribution in [2.75, 3.05) is 0 Å². The molecule has 124 valence electrons. The van der Waals surface area contributed by atoms with E-state index in [2.05, 4.69) is 69.6 Å². The Kier molecular flexibility index (Phi) is 3.28. The number of H-pyrrole nitrogens is 1. The second-order valence-electron chi connectivity index (χ2n) is 6.42. The standard InChI is InChI=1S/C22H16N4/c1-14-6-8-15(9-7-14)20-16(13-25-26-20)12-19-17-4-2-10-23-21(17)22-18(19)5-3-11-24-22/h2-13H,1H3,(H,25,26). The molecule has 0 atom stereocenters. The predicted octanol–water partition coefficient (Wildman–Crippen LogP) is 4.74. The molecule has 0 saturated heterocycles. The van der Waals surface area contributed by atoms with E-state index in [1.807, 2.05) is 30.7 Å². The van der Waals surface area contributed by atoms with Gasteiger partial charge in [0.2, 0.25) is 0 Å². The van der Waals surface area contributed by atoms with Gasteiger partial charge < -0.3 is 0 Å². The van der Waals surface area contributed by atoms with E-state index in [-0.39, 0.29) is 0 Å². The quantitative estimate of drug-likeness (QED) is 0.506. The molecule has 0 saturated carbocycles. The highest BCUT2D eigenvalue weighted by atomic mass is 15.1. The van der Waals surface area contributed by atoms with Gasteiger partial charge in [0.15, 0.2) is 0 Å². The third-order valence-electron chi connectivity index (χ3n) is 4.73. The van der Waals surface area contributed by atoms with Crippen LogP contribution >= 0.6 is 0 Å². The highest BCUT2D eigenvalue weighted by Gasteiger charge is 2.25. The predicted molar refractivity (Wildman–Crippen MR) is 103 cm³/mol. The first kappa shape index (κ1) is 14.8. The lowest BCUT2D eigenvalue weighted by atomic mass is 10.0. The topological polar surface area (TPSA) is 54.5 Å². The van der Waals surface area contributed by atoms with Crippen LogP contribution in [0.5, 0.6) is 0 Å². The van der Waals surface area contributed by atoms with Crippen molar-refractivity contribution in [2.45, 2.75) is 6.92 Å². The van der Waals surface area contributed by atoms with Crippen LogP contribution in [0.4, 0.5) is 0 Å². The van der Waals surface area contributed by atoms with Crippen LogP contribution in [-0.4, -0.2) is 20.2 Å². The van der Waals surface area contributed by atoms with Gasteiger partial charge in [-0.05, 0) is 30.7 Å². The van der Waals surface area contributed by atoms with Crippen LogP contribution in [0.1, 0.15) is 22.3 Å². The smallest absolute Gasteiger partial charge is 0.0971 e. The molecular weight excluding hydrogens is 320 g/mol. The van der Waals surface area contributed by atoms with Crippen molar-refractivity contribution < 1.29 is 0 Å². The maximum atomic E-state index is 4.54. The minimum Gasteiger partial charge on any atom is -0.277 e. The van der Waals surface area contributed by atoms with Crippen molar-refractivity contribution in [3.8, 4) is 22.6 Å². The van der Waals surface area contributed by atoms with E-state index < -0.39 is 0 Å². The van der Waals surface area contributed by atoms with E-state index in [9.17, 15) is 0 Å². The van der Waals surface area contributed by atoms with Gasteiger partial charge in [-0.25, -0.2) is 0 Å². The van der Waals surface area contributed by atoms with Crippen molar-refractivity contribution >= 4 is 11.6 Å². The zero-order valence-electron chi connectivity index (χ0n) is 14.3. The van der Waals surface area contributed by atoms with Gasteiger partial charge >= 0.3 is 0 Å². The number of hydrogen-bond donors (Lipinski definition) is 1. The van der Waals surface area contributed by atoms with Gasteiger partial charge in [-0.1, -0.05) is 42.0 Å². The molecule has 5 rings (SSSR count). The Morgan fingerprint density at radius 3 is 2.15 bits per heavy atom. The van der Waals surface area contributed by atoms with Crippen LogP contribution in [0.2, 0.25) is 0 Å². The first-order valence-electron chi connectivity index (χ1n) is 8.54. The van der Waals surface area contributed by atoms with Gasteiger partial charge in [0.05, 0.1) is 23.3 Å². The Morgan fingerprint density at radius 2 is 1.50 bits per heavy atom. The highest BCUT2D eigenvalue weighted by molar-refractivity contribution is 6.05. The van der Waals surface area contributed by atoms with Gasteiger partial charge in [0, 0.05) is 34.6 Å². The van der Waals surface area contributed by atoms with Crippen molar-refractivity contribution in [1.29, 1.82) is 0 Å². The monoisotopic (exact) mass is 336 g/mol. The minimum atomic E-state index is 0.940. The summed E-state index contributed by atoms with van der Waals surface area (Å²) in [6.45, 7) is 2.09. The molecule has 1 N–H and O–H groups in total. The summed E-state index contributed by atoms with van der Waals surface area (Å²) in [4.78, 5) is 9.09. The fourth-order valence-electron chi connectivity index (χ4n) is 3.44. The van der Waals surface area contributed by atoms with Crippen molar-refractivity contribution in [3.63, 3.8) is 0 Å². The molecule has 0 spiro atoms. The lowest BCUT2D eigenvalue weighted by molar-refractivity contribution is 1.09. The maximum Gasteiger partial charge on any atom is 0.0971 e. The van der Waals surface area contributed by atoms with Crippen LogP contribution < -0.4 is 0 Å². The molecule has 0 amide bonds. The van der Waals surface area contributed by atoms with E-state index >= 15 is 0 Å². The summed E-state index contributed by atoms with van der Waals surface area (Å²) in [5.41, 5.74) is 9.65. The lowest BCUT2D eigenvalue weighted by Crippen LogP contribution is -1.85. The molecule has 0 bridgehead atoms. The Bertz CT molecular complexity index is 1090. The molecule has 1 aliphatic rings. The molecule has 0 radical (unpaired) electrons. The molecule has 0 unspecified atom stereocenters. The normalized spacial score (nSPS) is 12.0. The number of nitrogens with one attached hydrogen (secondary N) is 1. The summed E-state index contributed by atoms with van der Waals surface area (Å²) in [6, 6.07) is 16.6. The first-order valence-corrected chi connectivity index (χ1v) is 8.54. The molecule has 3 aromatic heterocycles. The van der Waals surface area contributed by atoms with Gasteiger partial charge in [0.25, 0.3) is 0 Å². The highest BCUT2D eigenvalue weighted by Crippen LogP contribution is 2.42. The largest absolute Gasteiger partial charge is 0.277 e. The Balaban J connectivity index is 1.69. The summed E-state index contributed by atoms with van der Waals surface area (Å²) in [6.07, 6.45) is 7.67. The Morgan fingerprint density at radius 1 is 0.846 bits per heavy atom. The number of aromatic nitrogens is 4. The number of aromatic amines is 1. The maximum absolute atomic E-state index is 4.54. The Labute approximate surface area is 151 Å². The second kappa shape index (κ2) is 5.77. The summed E-state index contributed by atoms with van der Waals surface area (Å²) in [5, 5.41) is 7.41. The molecule has 3 heterocycles. The molecule has 1 aliphatic carbocycles. The number of benzene rings is 1. The van der Waals surface area contributed by atoms with Gasteiger partial charge in [0.1, 0.15) is 0 Å². The molecule has 4 heteroatoms. The number of nitrogens with zero attached hydrogens (tertiary/aromatic N) is 3. The van der Waals surface area contributed by atoms with Crippen LogP contribution in [0.15, 0.2) is 67.1 Å². The number of aryl methyl sites for hydroxylation is 1. The fraction of sp³-hybridized carbons (Fsp3) is 0.0455. The van der Waals surface area contributed by atoms with E-state index in [0.717, 1.165) is 44.9 Å². The molecular formula is C22H16N4. The molecule has 0 fully saturated rings.